The molecule has 2 aromatic rings. The second-order valence-electron chi connectivity index (χ2n) is 6.95. The molecule has 1 aliphatic heterocycles. The number of aryl methyl sites for hydroxylation is 2. The number of ketones is 1. The van der Waals surface area contributed by atoms with Crippen LogP contribution in [0.3, 0.4) is 0 Å². The molecule has 0 radical (unpaired) electrons. The van der Waals surface area contributed by atoms with E-state index in [2.05, 4.69) is 6.92 Å². The van der Waals surface area contributed by atoms with Crippen LogP contribution in [0.5, 0.6) is 0 Å². The topological polar surface area (TPSA) is 48.3 Å². The van der Waals surface area contributed by atoms with Gasteiger partial charge in [-0.2, -0.15) is 0 Å². The SMILES string of the molecule is CCCCc1cc2n(c1C(=O)c1sccc1C)CC=C2C(=O)OC(C)C. The lowest BCUT2D eigenvalue weighted by molar-refractivity contribution is -0.140. The molecule has 0 aromatic carbocycles. The Kier molecular flexibility index (Phi) is 5.47. The van der Waals surface area contributed by atoms with Crippen LogP contribution in [0.25, 0.3) is 5.57 Å². The first-order valence-electron chi connectivity index (χ1n) is 9.16. The van der Waals surface area contributed by atoms with Crippen molar-refractivity contribution in [2.45, 2.75) is 59.6 Å². The number of allylic oxidation sites excluding steroid dienone is 1. The van der Waals surface area contributed by atoms with E-state index in [1.54, 1.807) is 0 Å². The first kappa shape index (κ1) is 18.6. The number of fused-ring (bicyclic) bond motifs is 1. The molecule has 0 fully saturated rings. The van der Waals surface area contributed by atoms with E-state index in [0.717, 1.165) is 46.7 Å². The highest BCUT2D eigenvalue weighted by Gasteiger charge is 2.30. The molecule has 0 aliphatic carbocycles. The van der Waals surface area contributed by atoms with Crippen LogP contribution < -0.4 is 0 Å². The summed E-state index contributed by atoms with van der Waals surface area (Å²) < 4.78 is 7.35. The third kappa shape index (κ3) is 3.40. The number of esters is 1. The molecule has 0 spiro atoms. The molecule has 2 aromatic heterocycles. The van der Waals surface area contributed by atoms with Crippen molar-refractivity contribution >= 4 is 28.7 Å². The predicted molar refractivity (Wildman–Crippen MR) is 105 cm³/mol. The van der Waals surface area contributed by atoms with Crippen molar-refractivity contribution in [3.8, 4) is 0 Å². The monoisotopic (exact) mass is 371 g/mol. The van der Waals surface area contributed by atoms with Gasteiger partial charge in [-0.15, -0.1) is 11.3 Å². The van der Waals surface area contributed by atoms with Crippen molar-refractivity contribution in [3.63, 3.8) is 0 Å². The largest absolute Gasteiger partial charge is 0.459 e. The Labute approximate surface area is 158 Å². The van der Waals surface area contributed by atoms with Crippen LogP contribution >= 0.6 is 11.3 Å². The summed E-state index contributed by atoms with van der Waals surface area (Å²) in [5.74, 6) is -0.258. The molecule has 0 saturated carbocycles. The molecule has 138 valence electrons. The van der Waals surface area contributed by atoms with E-state index in [4.69, 9.17) is 4.74 Å². The number of carbonyl (C=O) groups is 2. The van der Waals surface area contributed by atoms with E-state index in [-0.39, 0.29) is 17.9 Å². The molecule has 0 unspecified atom stereocenters. The predicted octanol–water partition coefficient (Wildman–Crippen LogP) is 4.78. The minimum Gasteiger partial charge on any atom is -0.459 e. The molecule has 0 atom stereocenters. The summed E-state index contributed by atoms with van der Waals surface area (Å²) in [5, 5.41) is 1.95. The number of unbranched alkanes of at least 4 members (excludes halogenated alkanes) is 1. The number of ether oxygens (including phenoxy) is 1. The Balaban J connectivity index is 2.02. The Morgan fingerprint density at radius 2 is 2.12 bits per heavy atom. The maximum absolute atomic E-state index is 13.2. The summed E-state index contributed by atoms with van der Waals surface area (Å²) in [5.41, 5.74) is 4.13. The molecule has 4 nitrogen and oxygen atoms in total. The molecule has 3 rings (SSSR count). The van der Waals surface area contributed by atoms with E-state index in [1.165, 1.54) is 11.3 Å². The van der Waals surface area contributed by atoms with Crippen LogP contribution in [0.15, 0.2) is 23.6 Å². The third-order valence-electron chi connectivity index (χ3n) is 4.58. The first-order chi connectivity index (χ1) is 12.4. The molecule has 5 heteroatoms. The van der Waals surface area contributed by atoms with Crippen LogP contribution in [0, 0.1) is 6.92 Å². The number of thiophene rings is 1. The van der Waals surface area contributed by atoms with Gasteiger partial charge in [0.15, 0.2) is 0 Å². The van der Waals surface area contributed by atoms with Gasteiger partial charge >= 0.3 is 5.97 Å². The summed E-state index contributed by atoms with van der Waals surface area (Å²) in [6.45, 7) is 8.32. The maximum atomic E-state index is 13.2. The second-order valence-corrected chi connectivity index (χ2v) is 7.87. The Morgan fingerprint density at radius 1 is 1.35 bits per heavy atom. The van der Waals surface area contributed by atoms with Gasteiger partial charge in [0, 0.05) is 6.54 Å². The van der Waals surface area contributed by atoms with E-state index in [1.807, 2.05) is 48.9 Å². The fourth-order valence-corrected chi connectivity index (χ4v) is 4.18. The van der Waals surface area contributed by atoms with Crippen molar-refractivity contribution in [1.82, 2.24) is 4.57 Å². The summed E-state index contributed by atoms with van der Waals surface area (Å²) in [6, 6.07) is 3.98. The van der Waals surface area contributed by atoms with Crippen LogP contribution in [-0.2, 0) is 22.5 Å². The van der Waals surface area contributed by atoms with Crippen molar-refractivity contribution in [3.05, 3.63) is 51.0 Å². The number of aromatic nitrogens is 1. The number of rotatable bonds is 7. The van der Waals surface area contributed by atoms with E-state index in [0.29, 0.717) is 12.1 Å². The highest BCUT2D eigenvalue weighted by molar-refractivity contribution is 7.12. The van der Waals surface area contributed by atoms with Gasteiger partial charge < -0.3 is 9.30 Å². The molecule has 3 heterocycles. The normalized spacial score (nSPS) is 13.0. The van der Waals surface area contributed by atoms with Crippen LogP contribution in [0.4, 0.5) is 0 Å². The molecule has 0 saturated heterocycles. The molecular formula is C21H25NO3S. The van der Waals surface area contributed by atoms with Gasteiger partial charge in [-0.05, 0) is 68.3 Å². The van der Waals surface area contributed by atoms with Gasteiger partial charge in [-0.25, -0.2) is 4.79 Å². The minimum atomic E-state index is -0.315. The van der Waals surface area contributed by atoms with Crippen LogP contribution in [-0.4, -0.2) is 22.4 Å². The Bertz CT molecular complexity index is 870. The zero-order valence-electron chi connectivity index (χ0n) is 15.8. The molecule has 26 heavy (non-hydrogen) atoms. The molecule has 1 aliphatic rings. The first-order valence-corrected chi connectivity index (χ1v) is 10.0. The third-order valence-corrected chi connectivity index (χ3v) is 5.59. The van der Waals surface area contributed by atoms with Crippen molar-refractivity contribution in [2.24, 2.45) is 0 Å². The number of hydrogen-bond acceptors (Lipinski definition) is 4. The van der Waals surface area contributed by atoms with Crippen molar-refractivity contribution in [1.29, 1.82) is 0 Å². The van der Waals surface area contributed by atoms with Gasteiger partial charge in [0.1, 0.15) is 0 Å². The Morgan fingerprint density at radius 3 is 2.73 bits per heavy atom. The molecular weight excluding hydrogens is 346 g/mol. The highest BCUT2D eigenvalue weighted by Crippen LogP contribution is 2.33. The second kappa shape index (κ2) is 7.62. The maximum Gasteiger partial charge on any atom is 0.340 e. The van der Waals surface area contributed by atoms with Crippen molar-refractivity contribution in [2.75, 3.05) is 0 Å². The number of nitrogens with zero attached hydrogens (tertiary/aromatic N) is 1. The van der Waals surface area contributed by atoms with E-state index < -0.39 is 0 Å². The zero-order chi connectivity index (χ0) is 18.8. The lowest BCUT2D eigenvalue weighted by Crippen LogP contribution is -2.13. The fourth-order valence-electron chi connectivity index (χ4n) is 3.31. The number of carbonyl (C=O) groups excluding carboxylic acids is 2. The smallest absolute Gasteiger partial charge is 0.340 e. The zero-order valence-corrected chi connectivity index (χ0v) is 16.6. The van der Waals surface area contributed by atoms with E-state index >= 15 is 0 Å². The molecule has 0 bridgehead atoms. The van der Waals surface area contributed by atoms with Gasteiger partial charge in [-0.1, -0.05) is 13.3 Å². The fraction of sp³-hybridized carbons (Fsp3) is 0.429. The molecule has 0 amide bonds. The summed E-state index contributed by atoms with van der Waals surface area (Å²) in [7, 11) is 0. The molecule has 0 N–H and O–H groups in total. The van der Waals surface area contributed by atoms with Gasteiger partial charge in [0.25, 0.3) is 0 Å². The summed E-state index contributed by atoms with van der Waals surface area (Å²) >= 11 is 1.48. The quantitative estimate of drug-likeness (QED) is 0.520. The minimum absolute atomic E-state index is 0.0572. The lowest BCUT2D eigenvalue weighted by atomic mass is 10.0. The Hall–Kier alpha value is -2.14. The number of hydrogen-bond donors (Lipinski definition) is 0. The van der Waals surface area contributed by atoms with Gasteiger partial charge in [-0.3, -0.25) is 4.79 Å². The summed E-state index contributed by atoms with van der Waals surface area (Å²) in [4.78, 5) is 26.4. The standard InChI is InChI=1S/C21H25NO3S/c1-5-6-7-15-12-17-16(21(24)25-13(2)3)8-10-22(17)18(15)19(23)20-14(4)9-11-26-20/h8-9,11-13H,5-7,10H2,1-4H3. The van der Waals surface area contributed by atoms with Crippen LogP contribution in [0.1, 0.15) is 65.8 Å². The van der Waals surface area contributed by atoms with Crippen molar-refractivity contribution < 1.29 is 14.3 Å². The summed E-state index contributed by atoms with van der Waals surface area (Å²) in [6.07, 6.45) is 4.62. The lowest BCUT2D eigenvalue weighted by Gasteiger charge is -2.09. The van der Waals surface area contributed by atoms with E-state index in [9.17, 15) is 9.59 Å². The van der Waals surface area contributed by atoms with Gasteiger partial charge in [0.05, 0.1) is 27.9 Å². The highest BCUT2D eigenvalue weighted by atomic mass is 32.1. The average molecular weight is 372 g/mol. The average Bonchev–Trinajstić information content (AvgIpc) is 3.25. The van der Waals surface area contributed by atoms with Gasteiger partial charge in [0.2, 0.25) is 5.78 Å². The van der Waals surface area contributed by atoms with Crippen LogP contribution in [0.2, 0.25) is 0 Å².